The quantitative estimate of drug-likeness (QED) is 0.737. The molecular formula is C17H31NO2. The lowest BCUT2D eigenvalue weighted by atomic mass is 9.68. The Hall–Kier alpha value is -0.570. The summed E-state index contributed by atoms with van der Waals surface area (Å²) < 4.78 is 5.26. The summed E-state index contributed by atoms with van der Waals surface area (Å²) in [5.41, 5.74) is 0.0819. The van der Waals surface area contributed by atoms with E-state index in [2.05, 4.69) is 18.7 Å². The fraction of sp³-hybridized carbons (Fsp3) is 0.941. The van der Waals surface area contributed by atoms with Crippen LogP contribution >= 0.6 is 0 Å². The van der Waals surface area contributed by atoms with E-state index in [-0.39, 0.29) is 11.5 Å². The van der Waals surface area contributed by atoms with E-state index in [1.165, 1.54) is 38.8 Å². The third-order valence-corrected chi connectivity index (χ3v) is 5.54. The molecule has 20 heavy (non-hydrogen) atoms. The molecule has 3 unspecified atom stereocenters. The molecule has 0 radical (unpaired) electrons. The van der Waals surface area contributed by atoms with Gasteiger partial charge in [-0.3, -0.25) is 9.69 Å². The van der Waals surface area contributed by atoms with Crippen molar-refractivity contribution in [1.82, 2.24) is 4.90 Å². The average molecular weight is 281 g/mol. The predicted molar refractivity (Wildman–Crippen MR) is 81.6 cm³/mol. The Morgan fingerprint density at radius 3 is 2.50 bits per heavy atom. The molecule has 3 heteroatoms. The summed E-state index contributed by atoms with van der Waals surface area (Å²) in [6.45, 7) is 9.45. The van der Waals surface area contributed by atoms with Crippen molar-refractivity contribution in [2.75, 3.05) is 19.7 Å². The van der Waals surface area contributed by atoms with Crippen LogP contribution in [0.25, 0.3) is 0 Å². The Morgan fingerprint density at radius 1 is 1.20 bits per heavy atom. The van der Waals surface area contributed by atoms with Crippen LogP contribution < -0.4 is 0 Å². The molecule has 0 aromatic carbocycles. The number of hydrogen-bond acceptors (Lipinski definition) is 3. The number of nitrogens with zero attached hydrogens (tertiary/aromatic N) is 1. The molecule has 1 heterocycles. The SMILES string of the molecule is CCOC(=O)CC1(N2CCCCC2)CCC(C)C(C)C1. The molecule has 2 aliphatic rings. The maximum absolute atomic E-state index is 12.1. The van der Waals surface area contributed by atoms with Crippen molar-refractivity contribution < 1.29 is 9.53 Å². The molecule has 2 rings (SSSR count). The lowest BCUT2D eigenvalue weighted by molar-refractivity contribution is -0.148. The number of carbonyl (C=O) groups is 1. The van der Waals surface area contributed by atoms with E-state index < -0.39 is 0 Å². The first kappa shape index (κ1) is 15.8. The van der Waals surface area contributed by atoms with Gasteiger partial charge in [-0.25, -0.2) is 0 Å². The summed E-state index contributed by atoms with van der Waals surface area (Å²) in [5.74, 6) is 1.50. The number of carbonyl (C=O) groups excluding carboxylic acids is 1. The van der Waals surface area contributed by atoms with Crippen molar-refractivity contribution in [3.8, 4) is 0 Å². The highest BCUT2D eigenvalue weighted by atomic mass is 16.5. The summed E-state index contributed by atoms with van der Waals surface area (Å²) in [5, 5.41) is 0. The highest BCUT2D eigenvalue weighted by Crippen LogP contribution is 2.43. The van der Waals surface area contributed by atoms with Gasteiger partial charge in [0.1, 0.15) is 0 Å². The molecule has 0 N–H and O–H groups in total. The molecule has 0 bridgehead atoms. The van der Waals surface area contributed by atoms with E-state index in [4.69, 9.17) is 4.74 Å². The largest absolute Gasteiger partial charge is 0.466 e. The summed E-state index contributed by atoms with van der Waals surface area (Å²) in [6.07, 6.45) is 8.08. The van der Waals surface area contributed by atoms with Gasteiger partial charge in [-0.1, -0.05) is 20.3 Å². The third-order valence-electron chi connectivity index (χ3n) is 5.54. The van der Waals surface area contributed by atoms with E-state index >= 15 is 0 Å². The van der Waals surface area contributed by atoms with Crippen molar-refractivity contribution >= 4 is 5.97 Å². The first-order valence-corrected chi connectivity index (χ1v) is 8.48. The van der Waals surface area contributed by atoms with E-state index in [1.807, 2.05) is 6.92 Å². The van der Waals surface area contributed by atoms with Crippen LogP contribution in [0.1, 0.15) is 65.7 Å². The Morgan fingerprint density at radius 2 is 1.90 bits per heavy atom. The van der Waals surface area contributed by atoms with Crippen LogP contribution in [0.4, 0.5) is 0 Å². The first-order chi connectivity index (χ1) is 9.57. The number of likely N-dealkylation sites (tertiary alicyclic amines) is 1. The fourth-order valence-electron chi connectivity index (χ4n) is 4.09. The van der Waals surface area contributed by atoms with E-state index in [1.54, 1.807) is 0 Å². The number of esters is 1. The van der Waals surface area contributed by atoms with Gasteiger partial charge in [0.25, 0.3) is 0 Å². The molecule has 1 aliphatic heterocycles. The van der Waals surface area contributed by atoms with E-state index in [0.717, 1.165) is 18.8 Å². The summed E-state index contributed by atoms with van der Waals surface area (Å²) in [4.78, 5) is 14.7. The second kappa shape index (κ2) is 6.93. The molecule has 1 saturated heterocycles. The molecule has 1 aliphatic carbocycles. The predicted octanol–water partition coefficient (Wildman–Crippen LogP) is 3.62. The summed E-state index contributed by atoms with van der Waals surface area (Å²) in [7, 11) is 0. The topological polar surface area (TPSA) is 29.5 Å². The van der Waals surface area contributed by atoms with Crippen LogP contribution in [0.5, 0.6) is 0 Å². The molecule has 3 nitrogen and oxygen atoms in total. The average Bonchev–Trinajstić information content (AvgIpc) is 2.44. The second-order valence-corrected chi connectivity index (χ2v) is 6.95. The number of ether oxygens (including phenoxy) is 1. The van der Waals surface area contributed by atoms with Gasteiger partial charge in [0, 0.05) is 5.54 Å². The van der Waals surface area contributed by atoms with Gasteiger partial charge < -0.3 is 4.74 Å². The van der Waals surface area contributed by atoms with Gasteiger partial charge in [0.2, 0.25) is 0 Å². The lowest BCUT2D eigenvalue weighted by Gasteiger charge is -2.51. The summed E-state index contributed by atoms with van der Waals surface area (Å²) >= 11 is 0. The van der Waals surface area contributed by atoms with E-state index in [9.17, 15) is 4.79 Å². The second-order valence-electron chi connectivity index (χ2n) is 6.95. The smallest absolute Gasteiger partial charge is 0.307 e. The van der Waals surface area contributed by atoms with Gasteiger partial charge in [-0.05, 0) is 64.0 Å². The van der Waals surface area contributed by atoms with Crippen LogP contribution in [0.2, 0.25) is 0 Å². The van der Waals surface area contributed by atoms with Crippen LogP contribution in [-0.4, -0.2) is 36.1 Å². The summed E-state index contributed by atoms with van der Waals surface area (Å²) in [6, 6.07) is 0. The van der Waals surface area contributed by atoms with Crippen LogP contribution in [0.3, 0.4) is 0 Å². The van der Waals surface area contributed by atoms with Crippen LogP contribution in [0.15, 0.2) is 0 Å². The normalized spacial score (nSPS) is 35.8. The molecule has 0 aromatic rings. The molecule has 3 atom stereocenters. The Bertz CT molecular complexity index is 325. The first-order valence-electron chi connectivity index (χ1n) is 8.48. The minimum Gasteiger partial charge on any atom is -0.466 e. The zero-order valence-corrected chi connectivity index (χ0v) is 13.5. The van der Waals surface area contributed by atoms with Crippen molar-refractivity contribution in [1.29, 1.82) is 0 Å². The molecular weight excluding hydrogens is 250 g/mol. The Balaban J connectivity index is 2.11. The van der Waals surface area contributed by atoms with Crippen molar-refractivity contribution in [3.05, 3.63) is 0 Å². The van der Waals surface area contributed by atoms with Gasteiger partial charge in [0.05, 0.1) is 13.0 Å². The minimum absolute atomic E-state index is 0.000161. The zero-order valence-electron chi connectivity index (χ0n) is 13.5. The number of hydrogen-bond donors (Lipinski definition) is 0. The minimum atomic E-state index is -0.000161. The maximum atomic E-state index is 12.1. The van der Waals surface area contributed by atoms with Gasteiger partial charge in [0.15, 0.2) is 0 Å². The highest BCUT2D eigenvalue weighted by Gasteiger charge is 2.44. The molecule has 116 valence electrons. The number of piperidine rings is 1. The zero-order chi connectivity index (χ0) is 14.6. The van der Waals surface area contributed by atoms with Crippen molar-refractivity contribution in [3.63, 3.8) is 0 Å². The van der Waals surface area contributed by atoms with Gasteiger partial charge >= 0.3 is 5.97 Å². The third kappa shape index (κ3) is 3.55. The van der Waals surface area contributed by atoms with Crippen molar-refractivity contribution in [2.45, 2.75) is 71.3 Å². The monoisotopic (exact) mass is 281 g/mol. The number of rotatable bonds is 4. The molecule has 1 saturated carbocycles. The lowest BCUT2D eigenvalue weighted by Crippen LogP contribution is -2.55. The van der Waals surface area contributed by atoms with Crippen LogP contribution in [0, 0.1) is 11.8 Å². The fourth-order valence-corrected chi connectivity index (χ4v) is 4.09. The van der Waals surface area contributed by atoms with Gasteiger partial charge in [-0.15, -0.1) is 0 Å². The Kier molecular flexibility index (Phi) is 5.48. The highest BCUT2D eigenvalue weighted by molar-refractivity contribution is 5.71. The maximum Gasteiger partial charge on any atom is 0.307 e. The Labute approximate surface area is 124 Å². The molecule has 0 spiro atoms. The molecule has 0 aromatic heterocycles. The van der Waals surface area contributed by atoms with Crippen LogP contribution in [-0.2, 0) is 9.53 Å². The standard InChI is InChI=1S/C17H31NO2/c1-4-20-16(19)13-17(18-10-6-5-7-11-18)9-8-14(2)15(3)12-17/h14-15H,4-13H2,1-3H3. The van der Waals surface area contributed by atoms with E-state index in [0.29, 0.717) is 18.9 Å². The molecule has 0 amide bonds. The van der Waals surface area contributed by atoms with Crippen molar-refractivity contribution in [2.24, 2.45) is 11.8 Å². The van der Waals surface area contributed by atoms with Gasteiger partial charge in [-0.2, -0.15) is 0 Å². The molecule has 2 fully saturated rings.